The van der Waals surface area contributed by atoms with Gasteiger partial charge in [-0.2, -0.15) is 4.31 Å². The molecule has 4 rings (SSSR count). The van der Waals surface area contributed by atoms with Crippen molar-refractivity contribution >= 4 is 21.8 Å². The van der Waals surface area contributed by atoms with E-state index in [1.165, 1.54) is 16.4 Å². The quantitative estimate of drug-likeness (QED) is 0.739. The molecule has 176 valence electrons. The summed E-state index contributed by atoms with van der Waals surface area (Å²) in [6, 6.07) is 12.6. The predicted molar refractivity (Wildman–Crippen MR) is 124 cm³/mol. The minimum absolute atomic E-state index is 0.0663. The Morgan fingerprint density at radius 1 is 0.727 bits per heavy atom. The molecule has 2 saturated heterocycles. The average Bonchev–Trinajstić information content (AvgIpc) is 3.14. The molecule has 0 aliphatic carbocycles. The van der Waals surface area contributed by atoms with Gasteiger partial charge in [0.25, 0.3) is 11.8 Å². The van der Waals surface area contributed by atoms with Crippen molar-refractivity contribution < 1.29 is 23.1 Å². The SMILES string of the molecule is O=C(c1cccc(S(=O)(=O)N2CCCCCC2)c1)N1CCN(C(=O)c2ccccc2O)CC1. The van der Waals surface area contributed by atoms with E-state index in [0.29, 0.717) is 44.8 Å². The van der Waals surface area contributed by atoms with Crippen molar-refractivity contribution in [3.8, 4) is 5.75 Å². The minimum atomic E-state index is -3.64. The summed E-state index contributed by atoms with van der Waals surface area (Å²) in [5.74, 6) is -0.591. The molecule has 2 aromatic rings. The molecule has 0 saturated carbocycles. The molecule has 2 amide bonds. The van der Waals surface area contributed by atoms with Gasteiger partial charge in [-0.15, -0.1) is 0 Å². The molecule has 2 aromatic carbocycles. The molecule has 2 aliphatic rings. The number of amides is 2. The zero-order chi connectivity index (χ0) is 23.4. The Kier molecular flexibility index (Phi) is 6.99. The lowest BCUT2D eigenvalue weighted by molar-refractivity contribution is 0.0533. The fraction of sp³-hybridized carbons (Fsp3) is 0.417. The van der Waals surface area contributed by atoms with Crippen LogP contribution in [0.25, 0.3) is 0 Å². The highest BCUT2D eigenvalue weighted by molar-refractivity contribution is 7.89. The fourth-order valence-corrected chi connectivity index (χ4v) is 5.90. The molecular formula is C24H29N3O5S. The van der Waals surface area contributed by atoms with Crippen molar-refractivity contribution in [2.75, 3.05) is 39.3 Å². The molecule has 8 nitrogen and oxygen atoms in total. The topological polar surface area (TPSA) is 98.2 Å². The maximum Gasteiger partial charge on any atom is 0.257 e. The molecule has 0 bridgehead atoms. The van der Waals surface area contributed by atoms with Crippen molar-refractivity contribution in [1.82, 2.24) is 14.1 Å². The third-order valence-corrected chi connectivity index (χ3v) is 8.17. The van der Waals surface area contributed by atoms with Crippen LogP contribution in [0.3, 0.4) is 0 Å². The normalized spacial score (nSPS) is 18.1. The van der Waals surface area contributed by atoms with Gasteiger partial charge in [0.1, 0.15) is 5.75 Å². The number of carbonyl (C=O) groups excluding carboxylic acids is 2. The zero-order valence-electron chi connectivity index (χ0n) is 18.5. The number of hydrogen-bond donors (Lipinski definition) is 1. The van der Waals surface area contributed by atoms with Crippen LogP contribution in [0.5, 0.6) is 5.75 Å². The highest BCUT2D eigenvalue weighted by atomic mass is 32.2. The van der Waals surface area contributed by atoms with Gasteiger partial charge in [0.15, 0.2) is 0 Å². The highest BCUT2D eigenvalue weighted by Gasteiger charge is 2.29. The molecule has 0 spiro atoms. The summed E-state index contributed by atoms with van der Waals surface area (Å²) in [6.45, 7) is 2.36. The number of rotatable bonds is 4. The van der Waals surface area contributed by atoms with Gasteiger partial charge in [-0.05, 0) is 43.2 Å². The molecule has 1 N–H and O–H groups in total. The Hall–Kier alpha value is -2.91. The van der Waals surface area contributed by atoms with Crippen molar-refractivity contribution in [2.24, 2.45) is 0 Å². The third-order valence-electron chi connectivity index (χ3n) is 6.27. The fourth-order valence-electron chi connectivity index (χ4n) is 4.34. The molecule has 0 radical (unpaired) electrons. The molecule has 33 heavy (non-hydrogen) atoms. The standard InChI is InChI=1S/C24H29N3O5S/c28-22-11-4-3-10-21(22)24(30)26-16-14-25(15-17-26)23(29)19-8-7-9-20(18-19)33(31,32)27-12-5-1-2-6-13-27/h3-4,7-11,18,28H,1-2,5-6,12-17H2. The second-order valence-corrected chi connectivity index (χ2v) is 10.4. The highest BCUT2D eigenvalue weighted by Crippen LogP contribution is 2.23. The Morgan fingerprint density at radius 2 is 1.33 bits per heavy atom. The summed E-state index contributed by atoms with van der Waals surface area (Å²) in [5, 5.41) is 9.94. The predicted octanol–water partition coefficient (Wildman–Crippen LogP) is 2.56. The number of sulfonamides is 1. The summed E-state index contributed by atoms with van der Waals surface area (Å²) in [6.07, 6.45) is 3.76. The van der Waals surface area contributed by atoms with E-state index in [1.54, 1.807) is 46.2 Å². The molecule has 0 unspecified atom stereocenters. The lowest BCUT2D eigenvalue weighted by Gasteiger charge is -2.35. The van der Waals surface area contributed by atoms with Gasteiger partial charge < -0.3 is 14.9 Å². The Morgan fingerprint density at radius 3 is 1.97 bits per heavy atom. The molecule has 0 atom stereocenters. The maximum atomic E-state index is 13.1. The van der Waals surface area contributed by atoms with E-state index in [4.69, 9.17) is 0 Å². The maximum absolute atomic E-state index is 13.1. The van der Waals surface area contributed by atoms with Crippen LogP contribution in [0.4, 0.5) is 0 Å². The van der Waals surface area contributed by atoms with Crippen molar-refractivity contribution in [1.29, 1.82) is 0 Å². The van der Waals surface area contributed by atoms with Crippen LogP contribution in [-0.4, -0.2) is 78.7 Å². The summed E-state index contributed by atoms with van der Waals surface area (Å²) < 4.78 is 27.7. The minimum Gasteiger partial charge on any atom is -0.507 e. The number of piperazine rings is 1. The molecule has 0 aromatic heterocycles. The van der Waals surface area contributed by atoms with Crippen LogP contribution in [0.2, 0.25) is 0 Å². The second-order valence-electron chi connectivity index (χ2n) is 8.45. The molecular weight excluding hydrogens is 442 g/mol. The van der Waals surface area contributed by atoms with Gasteiger partial charge in [0.2, 0.25) is 10.0 Å². The summed E-state index contributed by atoms with van der Waals surface area (Å²) in [4.78, 5) is 29.2. The number of carbonyl (C=O) groups is 2. The monoisotopic (exact) mass is 471 g/mol. The van der Waals surface area contributed by atoms with E-state index < -0.39 is 10.0 Å². The van der Waals surface area contributed by atoms with Crippen LogP contribution >= 0.6 is 0 Å². The van der Waals surface area contributed by atoms with Crippen LogP contribution < -0.4 is 0 Å². The van der Waals surface area contributed by atoms with Gasteiger partial charge >= 0.3 is 0 Å². The average molecular weight is 472 g/mol. The lowest BCUT2D eigenvalue weighted by Crippen LogP contribution is -2.50. The number of phenols is 1. The molecule has 2 fully saturated rings. The number of hydrogen-bond acceptors (Lipinski definition) is 5. The van der Waals surface area contributed by atoms with Crippen LogP contribution in [0.15, 0.2) is 53.4 Å². The van der Waals surface area contributed by atoms with E-state index >= 15 is 0 Å². The first kappa shape index (κ1) is 23.3. The number of aromatic hydroxyl groups is 1. The van der Waals surface area contributed by atoms with Gasteiger partial charge in [-0.3, -0.25) is 9.59 Å². The van der Waals surface area contributed by atoms with Crippen LogP contribution in [-0.2, 0) is 10.0 Å². The largest absolute Gasteiger partial charge is 0.507 e. The van der Waals surface area contributed by atoms with E-state index in [9.17, 15) is 23.1 Å². The Labute approximate surface area is 194 Å². The first-order valence-electron chi connectivity index (χ1n) is 11.3. The van der Waals surface area contributed by atoms with Crippen molar-refractivity contribution in [2.45, 2.75) is 30.6 Å². The summed E-state index contributed by atoms with van der Waals surface area (Å²) in [7, 11) is -3.64. The lowest BCUT2D eigenvalue weighted by atomic mass is 10.1. The van der Waals surface area contributed by atoms with Crippen LogP contribution in [0, 0.1) is 0 Å². The second kappa shape index (κ2) is 9.93. The third kappa shape index (κ3) is 5.04. The van der Waals surface area contributed by atoms with Gasteiger partial charge in [0, 0.05) is 44.8 Å². The Balaban J connectivity index is 1.43. The number of nitrogens with zero attached hydrogens (tertiary/aromatic N) is 3. The van der Waals surface area contributed by atoms with Gasteiger partial charge in [0.05, 0.1) is 10.5 Å². The molecule has 9 heteroatoms. The van der Waals surface area contributed by atoms with Gasteiger partial charge in [-0.25, -0.2) is 8.42 Å². The van der Waals surface area contributed by atoms with Gasteiger partial charge in [-0.1, -0.05) is 31.0 Å². The smallest absolute Gasteiger partial charge is 0.257 e. The van der Waals surface area contributed by atoms with E-state index in [-0.39, 0.29) is 28.0 Å². The van der Waals surface area contributed by atoms with Crippen LogP contribution in [0.1, 0.15) is 46.4 Å². The zero-order valence-corrected chi connectivity index (χ0v) is 19.3. The first-order valence-corrected chi connectivity index (χ1v) is 12.8. The van der Waals surface area contributed by atoms with E-state index in [2.05, 4.69) is 0 Å². The number of phenolic OH excluding ortho intramolecular Hbond substituents is 1. The summed E-state index contributed by atoms with van der Waals surface area (Å²) >= 11 is 0. The molecule has 2 heterocycles. The summed E-state index contributed by atoms with van der Waals surface area (Å²) in [5.41, 5.74) is 0.565. The Bertz CT molecular complexity index is 1120. The van der Waals surface area contributed by atoms with E-state index in [1.807, 2.05) is 0 Å². The molecule has 2 aliphatic heterocycles. The van der Waals surface area contributed by atoms with E-state index in [0.717, 1.165) is 25.7 Å². The van der Waals surface area contributed by atoms with Crippen molar-refractivity contribution in [3.05, 3.63) is 59.7 Å². The number of para-hydroxylation sites is 1. The first-order chi connectivity index (χ1) is 15.9. The van der Waals surface area contributed by atoms with Crippen molar-refractivity contribution in [3.63, 3.8) is 0 Å². The number of benzene rings is 2.